The van der Waals surface area contributed by atoms with Gasteiger partial charge >= 0.3 is 0 Å². The lowest BCUT2D eigenvalue weighted by atomic mass is 10.2. The summed E-state index contributed by atoms with van der Waals surface area (Å²) in [5.41, 5.74) is 0.327. The quantitative estimate of drug-likeness (QED) is 0.641. The number of fused-ring (bicyclic) bond motifs is 1. The summed E-state index contributed by atoms with van der Waals surface area (Å²) < 4.78 is 6.50. The molecule has 0 spiro atoms. The fraction of sp³-hybridized carbons (Fsp3) is 0.308. The van der Waals surface area contributed by atoms with Crippen LogP contribution in [0.3, 0.4) is 0 Å². The number of hydrogen-bond acceptors (Lipinski definition) is 4. The maximum atomic E-state index is 12.2. The van der Waals surface area contributed by atoms with Crippen molar-refractivity contribution in [1.82, 2.24) is 9.66 Å². The predicted molar refractivity (Wildman–Crippen MR) is 75.8 cm³/mol. The molecule has 0 fully saturated rings. The molecule has 0 amide bonds. The molecule has 0 aliphatic heterocycles. The summed E-state index contributed by atoms with van der Waals surface area (Å²) >= 11 is 5.89. The summed E-state index contributed by atoms with van der Waals surface area (Å²) in [6.45, 7) is 4.28. The van der Waals surface area contributed by atoms with Crippen molar-refractivity contribution in [3.05, 3.63) is 39.9 Å². The number of benzene rings is 1. The first-order chi connectivity index (χ1) is 9.15. The van der Waals surface area contributed by atoms with E-state index in [0.717, 1.165) is 0 Å². The average molecular weight is 280 g/mol. The van der Waals surface area contributed by atoms with Gasteiger partial charge in [0.1, 0.15) is 6.33 Å². The minimum absolute atomic E-state index is 0.266. The van der Waals surface area contributed by atoms with Gasteiger partial charge in [-0.3, -0.25) is 4.79 Å². The Bertz CT molecular complexity index is 679. The molecular weight excluding hydrogens is 266 g/mol. The van der Waals surface area contributed by atoms with Crippen molar-refractivity contribution in [2.75, 3.05) is 6.61 Å². The number of hydrogen-bond donors (Lipinski definition) is 0. The van der Waals surface area contributed by atoms with Gasteiger partial charge in [0.25, 0.3) is 5.56 Å². The third-order valence-corrected chi connectivity index (χ3v) is 2.77. The normalized spacial score (nSPS) is 11.8. The molecule has 0 N–H and O–H groups in total. The Balaban J connectivity index is 2.56. The lowest BCUT2D eigenvalue weighted by Crippen LogP contribution is -2.19. The molecule has 2 aromatic rings. The Morgan fingerprint density at radius 1 is 1.47 bits per heavy atom. The molecule has 0 bridgehead atoms. The van der Waals surface area contributed by atoms with E-state index in [0.29, 0.717) is 34.9 Å². The Hall–Kier alpha value is -1.88. The van der Waals surface area contributed by atoms with E-state index in [1.54, 1.807) is 18.2 Å². The smallest absolute Gasteiger partial charge is 0.281 e. The third-order valence-electron chi connectivity index (χ3n) is 2.54. The van der Waals surface area contributed by atoms with E-state index in [1.807, 2.05) is 13.8 Å². The van der Waals surface area contributed by atoms with E-state index in [4.69, 9.17) is 16.3 Å². The van der Waals surface area contributed by atoms with Crippen LogP contribution in [0, 0.1) is 0 Å². The highest BCUT2D eigenvalue weighted by atomic mass is 35.5. The summed E-state index contributed by atoms with van der Waals surface area (Å²) in [6.07, 6.45) is 1.99. The number of rotatable bonds is 3. The van der Waals surface area contributed by atoms with Gasteiger partial charge in [0, 0.05) is 11.4 Å². The van der Waals surface area contributed by atoms with Crippen LogP contribution in [0.2, 0.25) is 5.02 Å². The maximum Gasteiger partial charge on any atom is 0.281 e. The van der Waals surface area contributed by atoms with E-state index in [9.17, 15) is 4.79 Å². The van der Waals surface area contributed by atoms with Crippen LogP contribution in [0.25, 0.3) is 10.9 Å². The van der Waals surface area contributed by atoms with Crippen molar-refractivity contribution in [2.45, 2.75) is 20.3 Å². The van der Waals surface area contributed by atoms with Gasteiger partial charge < -0.3 is 4.74 Å². The number of aromatic nitrogens is 2. The molecule has 0 atom stereocenters. The molecule has 0 saturated heterocycles. The molecule has 1 heterocycles. The zero-order valence-corrected chi connectivity index (χ0v) is 11.5. The Kier molecular flexibility index (Phi) is 4.16. The summed E-state index contributed by atoms with van der Waals surface area (Å²) in [7, 11) is 0. The first kappa shape index (κ1) is 13.5. The van der Waals surface area contributed by atoms with Crippen LogP contribution in [-0.4, -0.2) is 22.2 Å². The van der Waals surface area contributed by atoms with Crippen molar-refractivity contribution in [1.29, 1.82) is 0 Å². The van der Waals surface area contributed by atoms with Gasteiger partial charge in [-0.1, -0.05) is 18.5 Å². The predicted octanol–water partition coefficient (Wildman–Crippen LogP) is 2.66. The second-order valence-corrected chi connectivity index (χ2v) is 4.27. The minimum atomic E-state index is -0.266. The summed E-state index contributed by atoms with van der Waals surface area (Å²) in [6, 6.07) is 4.99. The molecular formula is C13H14ClN3O2. The Morgan fingerprint density at radius 2 is 2.26 bits per heavy atom. The lowest BCUT2D eigenvalue weighted by molar-refractivity contribution is 0.315. The molecule has 0 aliphatic rings. The second-order valence-electron chi connectivity index (χ2n) is 3.84. The zero-order valence-electron chi connectivity index (χ0n) is 10.8. The van der Waals surface area contributed by atoms with Crippen molar-refractivity contribution in [3.63, 3.8) is 0 Å². The van der Waals surface area contributed by atoms with E-state index in [2.05, 4.69) is 10.1 Å². The van der Waals surface area contributed by atoms with Crippen LogP contribution in [0.1, 0.15) is 20.3 Å². The topological polar surface area (TPSA) is 56.5 Å². The van der Waals surface area contributed by atoms with Gasteiger partial charge in [0.05, 0.1) is 17.5 Å². The van der Waals surface area contributed by atoms with Gasteiger partial charge in [0.15, 0.2) is 0 Å². The molecule has 100 valence electrons. The molecule has 2 rings (SSSR count). The largest absolute Gasteiger partial charge is 0.480 e. The van der Waals surface area contributed by atoms with Crippen LogP contribution < -0.4 is 5.56 Å². The highest BCUT2D eigenvalue weighted by Gasteiger charge is 2.05. The van der Waals surface area contributed by atoms with Crippen LogP contribution in [0.5, 0.6) is 0 Å². The minimum Gasteiger partial charge on any atom is -0.480 e. The molecule has 1 aromatic carbocycles. The first-order valence-electron chi connectivity index (χ1n) is 6.03. The van der Waals surface area contributed by atoms with E-state index < -0.39 is 0 Å². The highest BCUT2D eigenvalue weighted by molar-refractivity contribution is 6.31. The van der Waals surface area contributed by atoms with Gasteiger partial charge in [-0.05, 0) is 25.1 Å². The van der Waals surface area contributed by atoms with E-state index in [1.165, 1.54) is 11.0 Å². The van der Waals surface area contributed by atoms with Crippen molar-refractivity contribution < 1.29 is 4.74 Å². The summed E-state index contributed by atoms with van der Waals surface area (Å²) in [5.74, 6) is 0.493. The lowest BCUT2D eigenvalue weighted by Gasteiger charge is -2.06. The zero-order chi connectivity index (χ0) is 13.8. The maximum absolute atomic E-state index is 12.2. The molecule has 0 saturated carbocycles. The van der Waals surface area contributed by atoms with Crippen LogP contribution in [0.4, 0.5) is 0 Å². The van der Waals surface area contributed by atoms with Crippen LogP contribution in [0.15, 0.2) is 34.4 Å². The molecule has 1 aromatic heterocycles. The first-order valence-corrected chi connectivity index (χ1v) is 6.41. The highest BCUT2D eigenvalue weighted by Crippen LogP contribution is 2.13. The molecule has 19 heavy (non-hydrogen) atoms. The molecule has 0 aliphatic carbocycles. The van der Waals surface area contributed by atoms with Gasteiger partial charge in [-0.25, -0.2) is 4.98 Å². The Labute approximate surface area is 115 Å². The standard InChI is InChI=1S/C13H14ClN3O2/c1-3-12(19-4-2)16-17-8-15-11-6-5-9(14)7-10(11)13(17)18/h5-8H,3-4H2,1-2H3/b16-12+. The van der Waals surface area contributed by atoms with Crippen LogP contribution in [-0.2, 0) is 4.74 Å². The number of halogens is 1. The molecule has 0 unspecified atom stereocenters. The third kappa shape index (κ3) is 2.93. The fourth-order valence-corrected chi connectivity index (χ4v) is 1.82. The summed E-state index contributed by atoms with van der Waals surface area (Å²) in [5, 5.41) is 5.07. The Morgan fingerprint density at radius 3 is 2.95 bits per heavy atom. The number of nitrogens with zero attached hydrogens (tertiary/aromatic N) is 3. The van der Waals surface area contributed by atoms with Crippen molar-refractivity contribution in [3.8, 4) is 0 Å². The van der Waals surface area contributed by atoms with Crippen LogP contribution >= 0.6 is 11.6 Å². The van der Waals surface area contributed by atoms with E-state index in [-0.39, 0.29) is 5.56 Å². The monoisotopic (exact) mass is 279 g/mol. The van der Waals surface area contributed by atoms with Crippen molar-refractivity contribution in [2.24, 2.45) is 5.10 Å². The molecule has 0 radical (unpaired) electrons. The van der Waals surface area contributed by atoms with Gasteiger partial charge in [0.2, 0.25) is 5.90 Å². The fourth-order valence-electron chi connectivity index (χ4n) is 1.64. The average Bonchev–Trinajstić information content (AvgIpc) is 2.41. The molecule has 6 heteroatoms. The summed E-state index contributed by atoms with van der Waals surface area (Å²) in [4.78, 5) is 16.4. The van der Waals surface area contributed by atoms with Crippen molar-refractivity contribution >= 4 is 28.4 Å². The number of ether oxygens (including phenoxy) is 1. The second kappa shape index (κ2) is 5.84. The van der Waals surface area contributed by atoms with Gasteiger partial charge in [-0.15, -0.1) is 5.10 Å². The van der Waals surface area contributed by atoms with Gasteiger partial charge in [-0.2, -0.15) is 4.68 Å². The SMILES string of the molecule is CCO/C(CC)=N/n1cnc2ccc(Cl)cc2c1=O. The van der Waals surface area contributed by atoms with E-state index >= 15 is 0 Å². The molecule has 5 nitrogen and oxygen atoms in total.